The minimum absolute atomic E-state index is 0. The zero-order valence-corrected chi connectivity index (χ0v) is 6.89. The monoisotopic (exact) mass is 173 g/mol. The number of nitro groups is 1. The van der Waals surface area contributed by atoms with E-state index < -0.39 is 10.9 Å². The molecule has 0 aliphatic heterocycles. The van der Waals surface area contributed by atoms with E-state index in [-0.39, 0.29) is 30.1 Å². The Labute approximate surface area is 85.7 Å². The van der Waals surface area contributed by atoms with Crippen LogP contribution >= 0.6 is 0 Å². The maximum Gasteiger partial charge on any atom is 1.00 e. The van der Waals surface area contributed by atoms with Crippen LogP contribution in [0, 0.1) is 10.1 Å². The van der Waals surface area contributed by atoms with Gasteiger partial charge in [-0.3, -0.25) is 10.1 Å². The zero-order chi connectivity index (χ0) is 9.14. The Morgan fingerprint density at radius 3 is 2.46 bits per heavy atom. The van der Waals surface area contributed by atoms with E-state index in [9.17, 15) is 20.0 Å². The molecule has 1 aromatic carbocycles. The molecular formula is C7H4LiNO4. The number of carboxylic acid groups (broad SMARTS) is 1. The van der Waals surface area contributed by atoms with Crippen LogP contribution in [-0.4, -0.2) is 10.9 Å². The molecule has 0 aliphatic rings. The molecule has 0 unspecified atom stereocenters. The second-order valence-electron chi connectivity index (χ2n) is 2.09. The average Bonchev–Trinajstić information content (AvgIpc) is 2.04. The van der Waals surface area contributed by atoms with Crippen LogP contribution in [0.3, 0.4) is 0 Å². The molecule has 1 aromatic rings. The second kappa shape index (κ2) is 4.65. The summed E-state index contributed by atoms with van der Waals surface area (Å²) in [5.41, 5.74) is -0.444. The van der Waals surface area contributed by atoms with E-state index in [1.165, 1.54) is 18.2 Å². The van der Waals surface area contributed by atoms with E-state index in [2.05, 4.69) is 0 Å². The molecule has 5 nitrogen and oxygen atoms in total. The van der Waals surface area contributed by atoms with Crippen LogP contribution < -0.4 is 24.0 Å². The molecule has 0 fully saturated rings. The van der Waals surface area contributed by atoms with Gasteiger partial charge in [0.05, 0.1) is 10.9 Å². The number of nitro benzene ring substituents is 1. The number of carboxylic acids is 1. The molecule has 0 aliphatic carbocycles. The Morgan fingerprint density at radius 1 is 1.38 bits per heavy atom. The standard InChI is InChI=1S/C7H5NO4.Li/c9-7(10)5-2-1-3-6(4-5)8(11)12;/h1-4H,(H,9,10);/q;+1/p-1. The average molecular weight is 173 g/mol. The molecule has 0 saturated carbocycles. The zero-order valence-electron chi connectivity index (χ0n) is 6.89. The number of carbonyl (C=O) groups excluding carboxylic acids is 1. The molecule has 6 heteroatoms. The molecule has 0 saturated heterocycles. The summed E-state index contributed by atoms with van der Waals surface area (Å²) >= 11 is 0. The number of carbonyl (C=O) groups is 1. The van der Waals surface area contributed by atoms with Crippen molar-refractivity contribution in [3.8, 4) is 0 Å². The Hall–Kier alpha value is -1.31. The van der Waals surface area contributed by atoms with Crippen molar-refractivity contribution in [1.29, 1.82) is 0 Å². The van der Waals surface area contributed by atoms with Crippen LogP contribution in [0.4, 0.5) is 5.69 Å². The van der Waals surface area contributed by atoms with Gasteiger partial charge in [0.1, 0.15) is 0 Å². The predicted molar refractivity (Wildman–Crippen MR) is 37.4 cm³/mol. The first-order valence-electron chi connectivity index (χ1n) is 3.07. The largest absolute Gasteiger partial charge is 1.00 e. The maximum atomic E-state index is 10.2. The molecular weight excluding hydrogens is 169 g/mol. The van der Waals surface area contributed by atoms with E-state index in [0.29, 0.717) is 0 Å². The third-order valence-electron chi connectivity index (χ3n) is 1.29. The Bertz CT molecular complexity index is 310. The summed E-state index contributed by atoms with van der Waals surface area (Å²) in [6.45, 7) is 0. The molecule has 0 spiro atoms. The maximum absolute atomic E-state index is 10.2. The van der Waals surface area contributed by atoms with Crippen molar-refractivity contribution in [2.24, 2.45) is 0 Å². The van der Waals surface area contributed by atoms with Crippen molar-refractivity contribution in [2.75, 3.05) is 0 Å². The molecule has 13 heavy (non-hydrogen) atoms. The van der Waals surface area contributed by atoms with Crippen LogP contribution in [0.15, 0.2) is 24.3 Å². The summed E-state index contributed by atoms with van der Waals surface area (Å²) in [7, 11) is 0. The van der Waals surface area contributed by atoms with Crippen LogP contribution in [0.5, 0.6) is 0 Å². The number of hydrogen-bond acceptors (Lipinski definition) is 4. The van der Waals surface area contributed by atoms with E-state index in [1.54, 1.807) is 0 Å². The van der Waals surface area contributed by atoms with Crippen LogP contribution in [0.25, 0.3) is 0 Å². The van der Waals surface area contributed by atoms with Gasteiger partial charge in [-0.1, -0.05) is 12.1 Å². The summed E-state index contributed by atoms with van der Waals surface area (Å²) in [5, 5.41) is 20.4. The fraction of sp³-hybridized carbons (Fsp3) is 0. The van der Waals surface area contributed by atoms with E-state index in [4.69, 9.17) is 0 Å². The van der Waals surface area contributed by atoms with Gasteiger partial charge in [0, 0.05) is 17.7 Å². The number of hydrogen-bond donors (Lipinski definition) is 0. The first kappa shape index (κ1) is 11.7. The van der Waals surface area contributed by atoms with Crippen molar-refractivity contribution < 1.29 is 33.7 Å². The van der Waals surface area contributed by atoms with Crippen LogP contribution in [-0.2, 0) is 0 Å². The number of non-ortho nitro benzene ring substituents is 1. The minimum atomic E-state index is -1.42. The molecule has 62 valence electrons. The van der Waals surface area contributed by atoms with Gasteiger partial charge >= 0.3 is 18.9 Å². The molecule has 0 bridgehead atoms. The van der Waals surface area contributed by atoms with Gasteiger partial charge in [0.2, 0.25) is 0 Å². The predicted octanol–water partition coefficient (Wildman–Crippen LogP) is -3.04. The Balaban J connectivity index is 0.00000144. The van der Waals surface area contributed by atoms with Gasteiger partial charge in [0.15, 0.2) is 0 Å². The Kier molecular flexibility index (Phi) is 4.18. The summed E-state index contributed by atoms with van der Waals surface area (Å²) in [5.74, 6) is -1.42. The second-order valence-corrected chi connectivity index (χ2v) is 2.09. The molecule has 0 atom stereocenters. The van der Waals surface area contributed by atoms with E-state index in [1.807, 2.05) is 0 Å². The fourth-order valence-electron chi connectivity index (χ4n) is 0.746. The summed E-state index contributed by atoms with van der Waals surface area (Å²) in [4.78, 5) is 19.7. The van der Waals surface area contributed by atoms with Gasteiger partial charge < -0.3 is 9.90 Å². The molecule has 0 N–H and O–H groups in total. The number of nitrogens with zero attached hydrogens (tertiary/aromatic N) is 1. The van der Waals surface area contributed by atoms with Crippen molar-refractivity contribution in [1.82, 2.24) is 0 Å². The molecule has 0 heterocycles. The first-order chi connectivity index (χ1) is 5.61. The van der Waals surface area contributed by atoms with Gasteiger partial charge in [-0.05, 0) is 0 Å². The van der Waals surface area contributed by atoms with Gasteiger partial charge in [-0.25, -0.2) is 0 Å². The SMILES string of the molecule is O=C([O-])c1cccc([N+](=O)[O-])c1.[Li+]. The molecule has 0 radical (unpaired) electrons. The summed E-state index contributed by atoms with van der Waals surface area (Å²) in [6.07, 6.45) is 0. The van der Waals surface area contributed by atoms with Crippen molar-refractivity contribution in [3.63, 3.8) is 0 Å². The normalized spacial score (nSPS) is 8.62. The first-order valence-corrected chi connectivity index (χ1v) is 3.07. The minimum Gasteiger partial charge on any atom is -0.545 e. The molecule has 0 amide bonds. The smallest absolute Gasteiger partial charge is 0.545 e. The summed E-state index contributed by atoms with van der Waals surface area (Å²) in [6, 6.07) is 4.70. The van der Waals surface area contributed by atoms with Crippen LogP contribution in [0.1, 0.15) is 10.4 Å². The van der Waals surface area contributed by atoms with Crippen molar-refractivity contribution >= 4 is 11.7 Å². The third kappa shape index (κ3) is 2.90. The Morgan fingerprint density at radius 2 is 2.00 bits per heavy atom. The molecule has 1 rings (SSSR count). The number of rotatable bonds is 2. The number of benzene rings is 1. The van der Waals surface area contributed by atoms with Gasteiger partial charge in [0.25, 0.3) is 5.69 Å². The quantitative estimate of drug-likeness (QED) is 0.270. The van der Waals surface area contributed by atoms with Gasteiger partial charge in [-0.15, -0.1) is 0 Å². The fourth-order valence-corrected chi connectivity index (χ4v) is 0.746. The van der Waals surface area contributed by atoms with Crippen LogP contribution in [0.2, 0.25) is 0 Å². The van der Waals surface area contributed by atoms with E-state index >= 15 is 0 Å². The summed E-state index contributed by atoms with van der Waals surface area (Å²) < 4.78 is 0. The number of aromatic carboxylic acids is 1. The van der Waals surface area contributed by atoms with Crippen molar-refractivity contribution in [3.05, 3.63) is 39.9 Å². The van der Waals surface area contributed by atoms with Crippen molar-refractivity contribution in [2.45, 2.75) is 0 Å². The van der Waals surface area contributed by atoms with E-state index in [0.717, 1.165) is 6.07 Å². The molecule has 0 aromatic heterocycles. The van der Waals surface area contributed by atoms with Gasteiger partial charge in [-0.2, -0.15) is 0 Å². The topological polar surface area (TPSA) is 83.3 Å². The third-order valence-corrected chi connectivity index (χ3v) is 1.29.